The number of nitrogens with zero attached hydrogens (tertiary/aromatic N) is 2. The van der Waals surface area contributed by atoms with Crippen LogP contribution in [-0.2, 0) is 23.1 Å². The van der Waals surface area contributed by atoms with Crippen LogP contribution in [0.1, 0.15) is 49.7 Å². The highest BCUT2D eigenvalue weighted by molar-refractivity contribution is 5.83. The summed E-state index contributed by atoms with van der Waals surface area (Å²) in [6.45, 7) is 6.35. The highest BCUT2D eigenvalue weighted by Gasteiger charge is 2.24. The molecule has 0 radical (unpaired) electrons. The lowest BCUT2D eigenvalue weighted by Gasteiger charge is -2.16. The number of halogens is 1. The van der Waals surface area contributed by atoms with Crippen molar-refractivity contribution in [3.8, 4) is 0 Å². The van der Waals surface area contributed by atoms with E-state index in [4.69, 9.17) is 8.94 Å². The van der Waals surface area contributed by atoms with Crippen molar-refractivity contribution < 1.29 is 18.1 Å². The zero-order chi connectivity index (χ0) is 20.1. The second kappa shape index (κ2) is 8.37. The summed E-state index contributed by atoms with van der Waals surface area (Å²) in [6.07, 6.45) is 2.42. The SMILES string of the molecule is CC(C)(C)c1nc(CCNC(=O)C(Cc2ccco2)c2ccc(F)cc2)no1. The number of aromatic nitrogens is 2. The summed E-state index contributed by atoms with van der Waals surface area (Å²) in [5.74, 6) is 0.820. The van der Waals surface area contributed by atoms with Crippen LogP contribution >= 0.6 is 0 Å². The molecule has 0 saturated carbocycles. The van der Waals surface area contributed by atoms with Crippen LogP contribution in [-0.4, -0.2) is 22.6 Å². The molecule has 2 aromatic heterocycles. The molecule has 1 N–H and O–H groups in total. The number of carbonyl (C=O) groups is 1. The fourth-order valence-electron chi connectivity index (χ4n) is 2.77. The fourth-order valence-corrected chi connectivity index (χ4v) is 2.77. The van der Waals surface area contributed by atoms with E-state index in [0.717, 1.165) is 5.56 Å². The number of amides is 1. The van der Waals surface area contributed by atoms with Crippen LogP contribution in [0.4, 0.5) is 4.39 Å². The number of carbonyl (C=O) groups excluding carboxylic acids is 1. The molecule has 1 unspecified atom stereocenters. The molecule has 1 amide bonds. The lowest BCUT2D eigenvalue weighted by Crippen LogP contribution is -2.32. The van der Waals surface area contributed by atoms with Gasteiger partial charge in [0.2, 0.25) is 11.8 Å². The number of furan rings is 1. The van der Waals surface area contributed by atoms with Gasteiger partial charge in [-0.1, -0.05) is 38.1 Å². The standard InChI is InChI=1S/C21H24FN3O3/c1-21(2,3)20-24-18(25-28-20)10-11-23-19(26)17(13-16-5-4-12-27-16)14-6-8-15(22)9-7-14/h4-9,12,17H,10-11,13H2,1-3H3,(H,23,26). The normalized spacial score (nSPS) is 12.7. The Bertz CT molecular complexity index is 896. The van der Waals surface area contributed by atoms with Crippen molar-refractivity contribution in [3.63, 3.8) is 0 Å². The maximum Gasteiger partial charge on any atom is 0.232 e. The van der Waals surface area contributed by atoms with Gasteiger partial charge in [0.15, 0.2) is 5.82 Å². The quantitative estimate of drug-likeness (QED) is 0.669. The van der Waals surface area contributed by atoms with Crippen molar-refractivity contribution in [3.05, 3.63) is 71.5 Å². The average molecular weight is 385 g/mol. The molecule has 1 aromatic carbocycles. The van der Waals surface area contributed by atoms with Gasteiger partial charge < -0.3 is 14.3 Å². The van der Waals surface area contributed by atoms with Crippen molar-refractivity contribution in [2.45, 2.75) is 44.9 Å². The second-order valence-corrected chi connectivity index (χ2v) is 7.69. The molecular formula is C21H24FN3O3. The molecule has 0 aliphatic rings. The van der Waals surface area contributed by atoms with Gasteiger partial charge in [0.25, 0.3) is 0 Å². The molecule has 6 nitrogen and oxygen atoms in total. The number of rotatable bonds is 7. The summed E-state index contributed by atoms with van der Waals surface area (Å²) in [6, 6.07) is 9.54. The minimum Gasteiger partial charge on any atom is -0.469 e. The zero-order valence-electron chi connectivity index (χ0n) is 16.2. The first-order chi connectivity index (χ1) is 13.3. The average Bonchev–Trinajstić information content (AvgIpc) is 3.32. The molecule has 148 valence electrons. The van der Waals surface area contributed by atoms with Gasteiger partial charge in [-0.15, -0.1) is 0 Å². The summed E-state index contributed by atoms with van der Waals surface area (Å²) < 4.78 is 23.9. The lowest BCUT2D eigenvalue weighted by atomic mass is 9.93. The third kappa shape index (κ3) is 5.06. The monoisotopic (exact) mass is 385 g/mol. The Morgan fingerprint density at radius 1 is 1.21 bits per heavy atom. The Kier molecular flexibility index (Phi) is 5.92. The highest BCUT2D eigenvalue weighted by atomic mass is 19.1. The smallest absolute Gasteiger partial charge is 0.232 e. The van der Waals surface area contributed by atoms with Gasteiger partial charge in [-0.05, 0) is 29.8 Å². The van der Waals surface area contributed by atoms with Gasteiger partial charge >= 0.3 is 0 Å². The summed E-state index contributed by atoms with van der Waals surface area (Å²) >= 11 is 0. The first-order valence-electron chi connectivity index (χ1n) is 9.21. The molecule has 0 fully saturated rings. The van der Waals surface area contributed by atoms with E-state index in [9.17, 15) is 9.18 Å². The Labute approximate surface area is 163 Å². The van der Waals surface area contributed by atoms with Crippen LogP contribution in [0.3, 0.4) is 0 Å². The summed E-state index contributed by atoms with van der Waals surface area (Å²) in [5, 5.41) is 6.87. The largest absolute Gasteiger partial charge is 0.469 e. The maximum absolute atomic E-state index is 13.3. The maximum atomic E-state index is 13.3. The third-order valence-electron chi connectivity index (χ3n) is 4.33. The number of nitrogens with one attached hydrogen (secondary N) is 1. The van der Waals surface area contributed by atoms with Crippen LogP contribution in [0, 0.1) is 5.82 Å². The predicted molar refractivity (Wildman–Crippen MR) is 101 cm³/mol. The molecular weight excluding hydrogens is 361 g/mol. The van der Waals surface area contributed by atoms with E-state index in [0.29, 0.717) is 36.9 Å². The molecule has 2 heterocycles. The highest BCUT2D eigenvalue weighted by Crippen LogP contribution is 2.22. The molecule has 3 rings (SSSR count). The summed E-state index contributed by atoms with van der Waals surface area (Å²) in [4.78, 5) is 17.2. The summed E-state index contributed by atoms with van der Waals surface area (Å²) in [5.41, 5.74) is 0.510. The Morgan fingerprint density at radius 3 is 2.57 bits per heavy atom. The van der Waals surface area contributed by atoms with E-state index < -0.39 is 5.92 Å². The van der Waals surface area contributed by atoms with Crippen LogP contribution in [0.2, 0.25) is 0 Å². The van der Waals surface area contributed by atoms with Crippen LogP contribution < -0.4 is 5.32 Å². The molecule has 0 bridgehead atoms. The van der Waals surface area contributed by atoms with Gasteiger partial charge in [-0.25, -0.2) is 4.39 Å². The molecule has 0 spiro atoms. The summed E-state index contributed by atoms with van der Waals surface area (Å²) in [7, 11) is 0. The molecule has 3 aromatic rings. The number of hydrogen-bond donors (Lipinski definition) is 1. The van der Waals surface area contributed by atoms with Gasteiger partial charge in [0.1, 0.15) is 11.6 Å². The number of hydrogen-bond acceptors (Lipinski definition) is 5. The van der Waals surface area contributed by atoms with Gasteiger partial charge in [-0.2, -0.15) is 4.98 Å². The van der Waals surface area contributed by atoms with Crippen molar-refractivity contribution in [1.82, 2.24) is 15.5 Å². The van der Waals surface area contributed by atoms with Crippen molar-refractivity contribution in [1.29, 1.82) is 0 Å². The van der Waals surface area contributed by atoms with Crippen LogP contribution in [0.5, 0.6) is 0 Å². The Balaban J connectivity index is 1.64. The molecule has 0 saturated heterocycles. The predicted octanol–water partition coefficient (Wildman–Crippen LogP) is 3.78. The minimum atomic E-state index is -0.484. The van der Waals surface area contributed by atoms with Gasteiger partial charge in [-0.3, -0.25) is 4.79 Å². The van der Waals surface area contributed by atoms with Crippen LogP contribution in [0.25, 0.3) is 0 Å². The zero-order valence-corrected chi connectivity index (χ0v) is 16.2. The van der Waals surface area contributed by atoms with E-state index >= 15 is 0 Å². The second-order valence-electron chi connectivity index (χ2n) is 7.69. The van der Waals surface area contributed by atoms with Crippen LogP contribution in [0.15, 0.2) is 51.6 Å². The van der Waals surface area contributed by atoms with Crippen molar-refractivity contribution in [2.75, 3.05) is 6.54 Å². The lowest BCUT2D eigenvalue weighted by molar-refractivity contribution is -0.122. The Morgan fingerprint density at radius 2 is 1.96 bits per heavy atom. The van der Waals surface area contributed by atoms with Gasteiger partial charge in [0, 0.05) is 24.8 Å². The van der Waals surface area contributed by atoms with E-state index in [-0.39, 0.29) is 17.1 Å². The van der Waals surface area contributed by atoms with Crippen molar-refractivity contribution >= 4 is 5.91 Å². The molecule has 28 heavy (non-hydrogen) atoms. The first kappa shape index (κ1) is 19.8. The minimum absolute atomic E-state index is 0.164. The molecule has 1 atom stereocenters. The first-order valence-corrected chi connectivity index (χ1v) is 9.21. The number of benzene rings is 1. The van der Waals surface area contributed by atoms with Gasteiger partial charge in [0.05, 0.1) is 12.2 Å². The fraction of sp³-hybridized carbons (Fsp3) is 0.381. The molecule has 0 aliphatic carbocycles. The van der Waals surface area contributed by atoms with E-state index in [1.165, 1.54) is 12.1 Å². The van der Waals surface area contributed by atoms with E-state index in [2.05, 4.69) is 15.5 Å². The molecule has 7 heteroatoms. The van der Waals surface area contributed by atoms with Crippen molar-refractivity contribution in [2.24, 2.45) is 0 Å². The third-order valence-corrected chi connectivity index (χ3v) is 4.33. The van der Waals surface area contributed by atoms with E-state index in [1.54, 1.807) is 24.5 Å². The Hall–Kier alpha value is -2.96. The molecule has 0 aliphatic heterocycles. The van der Waals surface area contributed by atoms with E-state index in [1.807, 2.05) is 26.8 Å². The topological polar surface area (TPSA) is 81.2 Å².